The molecule has 1 aliphatic heterocycles. The maximum absolute atomic E-state index is 12.8. The van der Waals surface area contributed by atoms with E-state index < -0.39 is 0 Å². The Hall–Kier alpha value is -3.73. The molecular formula is C26H24N2O3. The molecule has 1 heterocycles. The average molecular weight is 412 g/mol. The normalized spacial score (nSPS) is 13.8. The molecule has 3 amide bonds. The number of fused-ring (bicyclic) bond motifs is 1. The first-order valence-electron chi connectivity index (χ1n) is 10.4. The summed E-state index contributed by atoms with van der Waals surface area (Å²) in [4.78, 5) is 38.9. The summed E-state index contributed by atoms with van der Waals surface area (Å²) in [7, 11) is 0. The Kier molecular flexibility index (Phi) is 5.94. The summed E-state index contributed by atoms with van der Waals surface area (Å²) in [5, 5.41) is 3.13. The lowest BCUT2D eigenvalue weighted by Gasteiger charge is -2.22. The highest BCUT2D eigenvalue weighted by Crippen LogP contribution is 2.25. The Morgan fingerprint density at radius 1 is 0.839 bits per heavy atom. The molecule has 4 rings (SSSR count). The number of carbonyl (C=O) groups excluding carboxylic acids is 3. The lowest BCUT2D eigenvalue weighted by Crippen LogP contribution is -2.33. The molecule has 0 aromatic heterocycles. The van der Waals surface area contributed by atoms with E-state index in [0.29, 0.717) is 17.5 Å². The fraction of sp³-hybridized carbons (Fsp3) is 0.192. The number of aryl methyl sites for hydroxylation is 1. The first kappa shape index (κ1) is 20.5. The van der Waals surface area contributed by atoms with E-state index >= 15 is 0 Å². The third-order valence-corrected chi connectivity index (χ3v) is 5.60. The largest absolute Gasteiger partial charge is 0.345 e. The first-order chi connectivity index (χ1) is 15.1. The number of nitrogens with zero attached hydrogens (tertiary/aromatic N) is 1. The van der Waals surface area contributed by atoms with E-state index in [-0.39, 0.29) is 36.7 Å². The Bertz CT molecular complexity index is 1090. The van der Waals surface area contributed by atoms with Gasteiger partial charge in [-0.15, -0.1) is 0 Å². The number of hydrogen-bond donors (Lipinski definition) is 1. The van der Waals surface area contributed by atoms with Gasteiger partial charge < -0.3 is 5.32 Å². The van der Waals surface area contributed by atoms with Crippen LogP contribution in [-0.2, 0) is 4.79 Å². The summed E-state index contributed by atoms with van der Waals surface area (Å²) < 4.78 is 0. The van der Waals surface area contributed by atoms with E-state index in [1.54, 1.807) is 24.3 Å². The third-order valence-electron chi connectivity index (χ3n) is 5.60. The van der Waals surface area contributed by atoms with Gasteiger partial charge in [0.25, 0.3) is 11.8 Å². The van der Waals surface area contributed by atoms with E-state index in [2.05, 4.69) is 5.32 Å². The second-order valence-electron chi connectivity index (χ2n) is 7.68. The highest BCUT2D eigenvalue weighted by molar-refractivity contribution is 6.21. The molecule has 0 radical (unpaired) electrons. The van der Waals surface area contributed by atoms with Crippen molar-refractivity contribution in [3.8, 4) is 0 Å². The van der Waals surface area contributed by atoms with Crippen LogP contribution in [0.4, 0.5) is 0 Å². The molecule has 31 heavy (non-hydrogen) atoms. The minimum Gasteiger partial charge on any atom is -0.345 e. The van der Waals surface area contributed by atoms with Gasteiger partial charge in [0.2, 0.25) is 5.91 Å². The minimum atomic E-state index is -0.289. The zero-order chi connectivity index (χ0) is 21.8. The molecule has 0 saturated carbocycles. The number of rotatable bonds is 7. The average Bonchev–Trinajstić information content (AvgIpc) is 3.04. The van der Waals surface area contributed by atoms with Crippen molar-refractivity contribution in [2.75, 3.05) is 6.54 Å². The molecule has 0 spiro atoms. The van der Waals surface area contributed by atoms with E-state index in [4.69, 9.17) is 0 Å². The summed E-state index contributed by atoms with van der Waals surface area (Å²) in [6, 6.07) is 24.4. The van der Waals surface area contributed by atoms with Gasteiger partial charge in [-0.25, -0.2) is 0 Å². The fourth-order valence-electron chi connectivity index (χ4n) is 3.97. The standard InChI is InChI=1S/C26H24N2O3/c1-18-10-5-6-13-20(18)24(19-11-3-2-4-12-19)27-23(29)16-9-17-28-25(30)21-14-7-8-15-22(21)26(28)31/h2-8,10-15,24H,9,16-17H2,1H3,(H,27,29)/t24-/m0/s1. The molecule has 0 unspecified atom stereocenters. The molecular weight excluding hydrogens is 388 g/mol. The van der Waals surface area contributed by atoms with Gasteiger partial charge in [-0.05, 0) is 42.2 Å². The van der Waals surface area contributed by atoms with Crippen molar-refractivity contribution >= 4 is 17.7 Å². The molecule has 0 aliphatic carbocycles. The van der Waals surface area contributed by atoms with Crippen LogP contribution in [0.25, 0.3) is 0 Å². The highest BCUT2D eigenvalue weighted by Gasteiger charge is 2.34. The van der Waals surface area contributed by atoms with Crippen LogP contribution in [0.2, 0.25) is 0 Å². The van der Waals surface area contributed by atoms with Gasteiger partial charge in [-0.2, -0.15) is 0 Å². The van der Waals surface area contributed by atoms with E-state index in [9.17, 15) is 14.4 Å². The van der Waals surface area contributed by atoms with Gasteiger partial charge in [-0.3, -0.25) is 19.3 Å². The van der Waals surface area contributed by atoms with Crippen LogP contribution in [0.1, 0.15) is 56.3 Å². The van der Waals surface area contributed by atoms with E-state index in [1.165, 1.54) is 4.90 Å². The van der Waals surface area contributed by atoms with Crippen molar-refractivity contribution in [3.05, 3.63) is 107 Å². The minimum absolute atomic E-state index is 0.117. The van der Waals surface area contributed by atoms with Crippen molar-refractivity contribution in [1.29, 1.82) is 0 Å². The molecule has 1 N–H and O–H groups in total. The molecule has 5 heteroatoms. The van der Waals surface area contributed by atoms with Crippen LogP contribution >= 0.6 is 0 Å². The smallest absolute Gasteiger partial charge is 0.261 e. The van der Waals surface area contributed by atoms with Gasteiger partial charge in [0.05, 0.1) is 17.2 Å². The molecule has 3 aromatic rings. The molecule has 3 aromatic carbocycles. The van der Waals surface area contributed by atoms with E-state index in [0.717, 1.165) is 16.7 Å². The summed E-state index contributed by atoms with van der Waals surface area (Å²) in [6.07, 6.45) is 0.634. The van der Waals surface area contributed by atoms with Gasteiger partial charge in [-0.1, -0.05) is 66.7 Å². The van der Waals surface area contributed by atoms with Crippen molar-refractivity contribution in [2.24, 2.45) is 0 Å². The number of hydrogen-bond acceptors (Lipinski definition) is 3. The van der Waals surface area contributed by atoms with Crippen molar-refractivity contribution < 1.29 is 14.4 Å². The Morgan fingerprint density at radius 3 is 2.06 bits per heavy atom. The fourth-order valence-corrected chi connectivity index (χ4v) is 3.97. The first-order valence-corrected chi connectivity index (χ1v) is 10.4. The molecule has 0 saturated heterocycles. The zero-order valence-corrected chi connectivity index (χ0v) is 17.4. The Morgan fingerprint density at radius 2 is 1.42 bits per heavy atom. The van der Waals surface area contributed by atoms with Gasteiger partial charge in [0, 0.05) is 13.0 Å². The summed E-state index contributed by atoms with van der Waals surface area (Å²) in [5.74, 6) is -0.695. The quantitative estimate of drug-likeness (QED) is 0.589. The molecule has 156 valence electrons. The lowest BCUT2D eigenvalue weighted by molar-refractivity contribution is -0.121. The van der Waals surface area contributed by atoms with Crippen molar-refractivity contribution in [3.63, 3.8) is 0 Å². The monoisotopic (exact) mass is 412 g/mol. The second kappa shape index (κ2) is 8.96. The van der Waals surface area contributed by atoms with Crippen LogP contribution in [0.3, 0.4) is 0 Å². The molecule has 1 atom stereocenters. The number of nitrogens with one attached hydrogen (secondary N) is 1. The van der Waals surface area contributed by atoms with Crippen LogP contribution < -0.4 is 5.32 Å². The Balaban J connectivity index is 1.41. The predicted molar refractivity (Wildman–Crippen MR) is 119 cm³/mol. The predicted octanol–water partition coefficient (Wildman–Crippen LogP) is 4.28. The molecule has 0 bridgehead atoms. The zero-order valence-electron chi connectivity index (χ0n) is 17.4. The van der Waals surface area contributed by atoms with Crippen LogP contribution in [0.5, 0.6) is 0 Å². The maximum atomic E-state index is 12.8. The second-order valence-corrected chi connectivity index (χ2v) is 7.68. The highest BCUT2D eigenvalue weighted by atomic mass is 16.2. The summed E-state index contributed by atoms with van der Waals surface area (Å²) >= 11 is 0. The number of imide groups is 1. The van der Waals surface area contributed by atoms with Gasteiger partial charge in [0.15, 0.2) is 0 Å². The number of amides is 3. The Labute approximate surface area is 181 Å². The molecule has 5 nitrogen and oxygen atoms in total. The number of carbonyl (C=O) groups is 3. The van der Waals surface area contributed by atoms with Crippen LogP contribution in [0.15, 0.2) is 78.9 Å². The van der Waals surface area contributed by atoms with Crippen LogP contribution in [0, 0.1) is 6.92 Å². The van der Waals surface area contributed by atoms with Crippen LogP contribution in [-0.4, -0.2) is 29.2 Å². The summed E-state index contributed by atoms with van der Waals surface area (Å²) in [6.45, 7) is 2.25. The number of benzene rings is 3. The van der Waals surface area contributed by atoms with Gasteiger partial charge >= 0.3 is 0 Å². The van der Waals surface area contributed by atoms with Crippen molar-refractivity contribution in [1.82, 2.24) is 10.2 Å². The summed E-state index contributed by atoms with van der Waals surface area (Å²) in [5.41, 5.74) is 4.01. The maximum Gasteiger partial charge on any atom is 0.261 e. The third kappa shape index (κ3) is 4.26. The topological polar surface area (TPSA) is 66.5 Å². The van der Waals surface area contributed by atoms with Crippen molar-refractivity contribution in [2.45, 2.75) is 25.8 Å². The lowest BCUT2D eigenvalue weighted by atomic mass is 9.95. The van der Waals surface area contributed by atoms with E-state index in [1.807, 2.05) is 61.5 Å². The SMILES string of the molecule is Cc1ccccc1[C@@H](NC(=O)CCCN1C(=O)c2ccccc2C1=O)c1ccccc1. The molecule has 1 aliphatic rings. The van der Waals surface area contributed by atoms with Gasteiger partial charge in [0.1, 0.15) is 0 Å². The molecule has 0 fully saturated rings.